The molecule has 158 valence electrons. The van der Waals surface area contributed by atoms with Crippen molar-refractivity contribution in [2.75, 3.05) is 4.90 Å². The third-order valence-corrected chi connectivity index (χ3v) is 4.53. The highest BCUT2D eigenvalue weighted by molar-refractivity contribution is 6.39. The van der Waals surface area contributed by atoms with E-state index in [4.69, 9.17) is 0 Å². The van der Waals surface area contributed by atoms with Gasteiger partial charge in [0.05, 0.1) is 17.1 Å². The number of azo groups is 1. The number of aromatic hydroxyl groups is 1. The zero-order valence-corrected chi connectivity index (χ0v) is 16.4. The molecule has 0 bridgehead atoms. The van der Waals surface area contributed by atoms with Crippen LogP contribution in [-0.2, 0) is 9.59 Å². The fourth-order valence-electron chi connectivity index (χ4n) is 2.97. The van der Waals surface area contributed by atoms with Crippen molar-refractivity contribution in [3.63, 3.8) is 0 Å². The number of phenols is 1. The monoisotopic (exact) mass is 430 g/mol. The van der Waals surface area contributed by atoms with Gasteiger partial charge in [0.25, 0.3) is 11.8 Å². The molecule has 1 saturated heterocycles. The molecule has 0 atom stereocenters. The predicted molar refractivity (Wildman–Crippen MR) is 114 cm³/mol. The summed E-state index contributed by atoms with van der Waals surface area (Å²) in [7, 11) is 0. The topological polar surface area (TPSA) is 111 Å². The summed E-state index contributed by atoms with van der Waals surface area (Å²) in [6.45, 7) is 0. The number of rotatable bonds is 4. The quantitative estimate of drug-likeness (QED) is 0.358. The van der Waals surface area contributed by atoms with Crippen LogP contribution in [0.2, 0.25) is 0 Å². The number of urea groups is 1. The first-order chi connectivity index (χ1) is 15.4. The predicted octanol–water partition coefficient (Wildman–Crippen LogP) is 4.61. The van der Waals surface area contributed by atoms with Crippen molar-refractivity contribution in [1.29, 1.82) is 0 Å². The molecule has 1 aliphatic heterocycles. The summed E-state index contributed by atoms with van der Waals surface area (Å²) in [5, 5.41) is 20.4. The maximum absolute atomic E-state index is 13.2. The number of hydrogen-bond acceptors (Lipinski definition) is 6. The van der Waals surface area contributed by atoms with E-state index in [0.29, 0.717) is 16.3 Å². The molecule has 9 heteroatoms. The molecule has 0 aromatic heterocycles. The lowest BCUT2D eigenvalue weighted by molar-refractivity contribution is -0.122. The van der Waals surface area contributed by atoms with E-state index in [9.17, 15) is 23.9 Å². The summed E-state index contributed by atoms with van der Waals surface area (Å²) in [5.41, 5.74) is 0.814. The van der Waals surface area contributed by atoms with E-state index in [1.807, 2.05) is 18.2 Å². The Hall–Kier alpha value is -4.66. The molecule has 0 saturated carbocycles. The van der Waals surface area contributed by atoms with E-state index in [1.54, 1.807) is 12.1 Å². The van der Waals surface area contributed by atoms with Crippen LogP contribution < -0.4 is 10.2 Å². The van der Waals surface area contributed by atoms with Gasteiger partial charge >= 0.3 is 6.03 Å². The molecule has 8 nitrogen and oxygen atoms in total. The Morgan fingerprint density at radius 3 is 2.28 bits per heavy atom. The molecule has 0 unspecified atom stereocenters. The van der Waals surface area contributed by atoms with Crippen LogP contribution in [0, 0.1) is 5.82 Å². The Balaban J connectivity index is 1.68. The minimum Gasteiger partial charge on any atom is -0.507 e. The Morgan fingerprint density at radius 2 is 1.56 bits per heavy atom. The fraction of sp³-hybridized carbons (Fsp3) is 0. The normalized spacial score (nSPS) is 15.5. The molecule has 1 heterocycles. The highest BCUT2D eigenvalue weighted by atomic mass is 19.1. The molecule has 1 aliphatic rings. The molecular formula is C23H15FN4O4. The molecule has 3 aromatic carbocycles. The number of nitrogens with one attached hydrogen (secondary N) is 1. The van der Waals surface area contributed by atoms with Crippen LogP contribution in [-0.4, -0.2) is 23.0 Å². The van der Waals surface area contributed by atoms with Crippen LogP contribution in [0.1, 0.15) is 5.56 Å². The van der Waals surface area contributed by atoms with Crippen LogP contribution in [0.4, 0.5) is 26.2 Å². The second kappa shape index (κ2) is 8.60. The third kappa shape index (κ3) is 4.26. The van der Waals surface area contributed by atoms with Gasteiger partial charge in [0, 0.05) is 5.56 Å². The van der Waals surface area contributed by atoms with Crippen molar-refractivity contribution >= 4 is 41.0 Å². The van der Waals surface area contributed by atoms with Crippen molar-refractivity contribution in [1.82, 2.24) is 5.32 Å². The van der Waals surface area contributed by atoms with Crippen molar-refractivity contribution in [2.45, 2.75) is 0 Å². The van der Waals surface area contributed by atoms with E-state index in [1.165, 1.54) is 30.3 Å². The smallest absolute Gasteiger partial charge is 0.335 e. The van der Waals surface area contributed by atoms with E-state index in [0.717, 1.165) is 18.2 Å². The Kier molecular flexibility index (Phi) is 5.54. The van der Waals surface area contributed by atoms with Gasteiger partial charge in [-0.05, 0) is 60.7 Å². The number of imide groups is 2. The van der Waals surface area contributed by atoms with Crippen molar-refractivity contribution in [3.8, 4) is 5.75 Å². The second-order valence-corrected chi connectivity index (χ2v) is 6.71. The van der Waals surface area contributed by atoms with Gasteiger partial charge in [-0.1, -0.05) is 18.2 Å². The van der Waals surface area contributed by atoms with Crippen molar-refractivity contribution < 1.29 is 23.9 Å². The first-order valence-electron chi connectivity index (χ1n) is 9.39. The zero-order valence-electron chi connectivity index (χ0n) is 16.4. The van der Waals surface area contributed by atoms with E-state index in [-0.39, 0.29) is 22.6 Å². The number of amides is 4. The molecular weight excluding hydrogens is 415 g/mol. The minimum atomic E-state index is -0.960. The largest absolute Gasteiger partial charge is 0.507 e. The van der Waals surface area contributed by atoms with Crippen LogP contribution in [0.25, 0.3) is 6.08 Å². The van der Waals surface area contributed by atoms with E-state index < -0.39 is 23.7 Å². The molecule has 2 N–H and O–H groups in total. The Bertz CT molecular complexity index is 1270. The maximum atomic E-state index is 13.2. The number of carbonyl (C=O) groups is 3. The summed E-state index contributed by atoms with van der Waals surface area (Å²) in [6, 6.07) is 17.0. The number of nitrogens with zero attached hydrogens (tertiary/aromatic N) is 3. The highest BCUT2D eigenvalue weighted by Crippen LogP contribution is 2.29. The second-order valence-electron chi connectivity index (χ2n) is 6.71. The van der Waals surface area contributed by atoms with Crippen LogP contribution in [0.5, 0.6) is 5.75 Å². The SMILES string of the molecule is O=C1NC(=O)N(c2ccc(F)cc2)C(=O)/C1=C/c1cc(N=Nc2ccccc2)ccc1O. The average molecular weight is 430 g/mol. The van der Waals surface area contributed by atoms with Crippen molar-refractivity contribution in [2.24, 2.45) is 10.2 Å². The van der Waals surface area contributed by atoms with Gasteiger partial charge in [0.2, 0.25) is 0 Å². The summed E-state index contributed by atoms with van der Waals surface area (Å²) in [4.78, 5) is 38.2. The molecule has 0 aliphatic carbocycles. The molecule has 3 aromatic rings. The first kappa shape index (κ1) is 20.6. The van der Waals surface area contributed by atoms with E-state index >= 15 is 0 Å². The molecule has 0 radical (unpaired) electrons. The van der Waals surface area contributed by atoms with Gasteiger partial charge in [-0.25, -0.2) is 14.1 Å². The lowest BCUT2D eigenvalue weighted by Crippen LogP contribution is -2.54. The molecule has 0 spiro atoms. The number of barbiturate groups is 1. The summed E-state index contributed by atoms with van der Waals surface area (Å²) >= 11 is 0. The van der Waals surface area contributed by atoms with Crippen molar-refractivity contribution in [3.05, 3.63) is 89.8 Å². The standard InChI is InChI=1S/C23H15FN4O4/c24-15-6-9-18(10-7-15)28-22(31)19(21(30)25-23(28)32)13-14-12-17(8-11-20(14)29)27-26-16-4-2-1-3-5-16/h1-13,29H,(H,25,30,32)/b19-13+,27-26?. The lowest BCUT2D eigenvalue weighted by Gasteiger charge is -2.26. The molecule has 4 rings (SSSR count). The highest BCUT2D eigenvalue weighted by Gasteiger charge is 2.37. The number of phenolic OH excluding ortho intramolecular Hbond substituents is 1. The number of carbonyl (C=O) groups excluding carboxylic acids is 3. The summed E-state index contributed by atoms with van der Waals surface area (Å²) in [5.74, 6) is -2.59. The number of anilines is 1. The summed E-state index contributed by atoms with van der Waals surface area (Å²) in [6.07, 6.45) is 1.15. The van der Waals surface area contributed by atoms with Crippen LogP contribution in [0.15, 0.2) is 88.6 Å². The van der Waals surface area contributed by atoms with Crippen LogP contribution >= 0.6 is 0 Å². The Morgan fingerprint density at radius 1 is 0.875 bits per heavy atom. The molecule has 1 fully saturated rings. The average Bonchev–Trinajstić information content (AvgIpc) is 2.78. The number of hydrogen-bond donors (Lipinski definition) is 2. The number of benzene rings is 3. The molecule has 4 amide bonds. The van der Waals surface area contributed by atoms with Gasteiger partial charge in [-0.3, -0.25) is 14.9 Å². The van der Waals surface area contributed by atoms with Crippen LogP contribution in [0.3, 0.4) is 0 Å². The molecule has 32 heavy (non-hydrogen) atoms. The minimum absolute atomic E-state index is 0.0851. The third-order valence-electron chi connectivity index (χ3n) is 4.53. The zero-order chi connectivity index (χ0) is 22.7. The fourth-order valence-corrected chi connectivity index (χ4v) is 2.97. The Labute approximate surface area is 181 Å². The van der Waals surface area contributed by atoms with Gasteiger partial charge < -0.3 is 5.11 Å². The van der Waals surface area contributed by atoms with Gasteiger partial charge in [-0.2, -0.15) is 10.2 Å². The number of halogens is 1. The van der Waals surface area contributed by atoms with E-state index in [2.05, 4.69) is 15.5 Å². The van der Waals surface area contributed by atoms with Gasteiger partial charge in [0.15, 0.2) is 0 Å². The van der Waals surface area contributed by atoms with Gasteiger partial charge in [-0.15, -0.1) is 0 Å². The summed E-state index contributed by atoms with van der Waals surface area (Å²) < 4.78 is 13.2. The first-order valence-corrected chi connectivity index (χ1v) is 9.39. The maximum Gasteiger partial charge on any atom is 0.335 e. The van der Waals surface area contributed by atoms with Gasteiger partial charge in [0.1, 0.15) is 17.1 Å². The lowest BCUT2D eigenvalue weighted by atomic mass is 10.1.